The van der Waals surface area contributed by atoms with Crippen molar-refractivity contribution < 1.29 is 4.79 Å². The van der Waals surface area contributed by atoms with Gasteiger partial charge in [-0.1, -0.05) is 12.8 Å². The van der Waals surface area contributed by atoms with Gasteiger partial charge in [0.1, 0.15) is 6.54 Å². The second-order valence-corrected chi connectivity index (χ2v) is 7.63. The van der Waals surface area contributed by atoms with Crippen molar-refractivity contribution in [1.82, 2.24) is 5.32 Å². The van der Waals surface area contributed by atoms with Crippen LogP contribution in [0.1, 0.15) is 25.7 Å². The average molecular weight is 414 g/mol. The molecule has 0 unspecified atom stereocenters. The Labute approximate surface area is 144 Å². The highest BCUT2D eigenvalue weighted by Gasteiger charge is 2.30. The van der Waals surface area contributed by atoms with E-state index in [0.29, 0.717) is 5.92 Å². The number of amides is 1. The highest BCUT2D eigenvalue weighted by Crippen LogP contribution is 2.34. The summed E-state index contributed by atoms with van der Waals surface area (Å²) in [4.78, 5) is 13.4. The second-order valence-electron chi connectivity index (χ2n) is 5.29. The van der Waals surface area contributed by atoms with Crippen LogP contribution >= 0.6 is 34.4 Å². The zero-order chi connectivity index (χ0) is 15.1. The number of nitriles is 1. The van der Waals surface area contributed by atoms with Crippen molar-refractivity contribution in [2.45, 2.75) is 30.6 Å². The topological polar surface area (TPSA) is 52.9 Å². The van der Waals surface area contributed by atoms with Crippen LogP contribution < -0.4 is 5.32 Å². The number of hydrogen-bond acceptors (Lipinski definition) is 3. The van der Waals surface area contributed by atoms with Gasteiger partial charge < -0.3 is 5.32 Å². The molecule has 1 aliphatic rings. The maximum Gasteiger partial charge on any atom is 0.224 e. The van der Waals surface area contributed by atoms with E-state index in [4.69, 9.17) is 5.26 Å². The van der Waals surface area contributed by atoms with Gasteiger partial charge in [-0.2, -0.15) is 5.26 Å². The number of benzene rings is 1. The van der Waals surface area contributed by atoms with Crippen LogP contribution in [0, 0.1) is 26.7 Å². The molecule has 1 fully saturated rings. The van der Waals surface area contributed by atoms with Crippen molar-refractivity contribution in [1.29, 1.82) is 5.26 Å². The lowest BCUT2D eigenvalue weighted by Crippen LogP contribution is -2.37. The third-order valence-electron chi connectivity index (χ3n) is 3.87. The number of thioether (sulfide) groups is 1. The summed E-state index contributed by atoms with van der Waals surface area (Å²) in [6, 6.07) is 10.5. The van der Waals surface area contributed by atoms with Crippen molar-refractivity contribution >= 4 is 40.3 Å². The van der Waals surface area contributed by atoms with Crippen molar-refractivity contribution in [3.05, 3.63) is 27.8 Å². The number of carbonyl (C=O) groups is 1. The molecular weight excluding hydrogens is 395 g/mol. The summed E-state index contributed by atoms with van der Waals surface area (Å²) in [7, 11) is 0. The van der Waals surface area contributed by atoms with Gasteiger partial charge in [0.15, 0.2) is 0 Å². The summed E-state index contributed by atoms with van der Waals surface area (Å²) in [5.41, 5.74) is 0. The molecule has 1 N–H and O–H groups in total. The number of rotatable bonds is 5. The number of hydrogen-bond donors (Lipinski definition) is 1. The fourth-order valence-corrected chi connectivity index (χ4v) is 4.24. The molecule has 5 heteroatoms. The average Bonchev–Trinajstić information content (AvgIpc) is 2.52. The molecular formula is C16H19IN2OS. The Morgan fingerprint density at radius 1 is 1.33 bits per heavy atom. The Bertz CT molecular complexity index is 512. The molecule has 3 nitrogen and oxygen atoms in total. The molecule has 2 rings (SSSR count). The highest BCUT2D eigenvalue weighted by molar-refractivity contribution is 14.1. The van der Waals surface area contributed by atoms with E-state index < -0.39 is 0 Å². The normalized spacial score (nSPS) is 21.5. The molecule has 21 heavy (non-hydrogen) atoms. The fourth-order valence-electron chi connectivity index (χ4n) is 2.74. The molecule has 0 saturated heterocycles. The number of nitrogens with zero attached hydrogens (tertiary/aromatic N) is 1. The van der Waals surface area contributed by atoms with Crippen LogP contribution in [-0.4, -0.2) is 18.2 Å². The molecule has 1 amide bonds. The Balaban J connectivity index is 1.91. The maximum atomic E-state index is 12.2. The van der Waals surface area contributed by atoms with Crippen LogP contribution in [0.4, 0.5) is 0 Å². The molecule has 1 saturated carbocycles. The van der Waals surface area contributed by atoms with Gasteiger partial charge in [0.05, 0.1) is 6.07 Å². The van der Waals surface area contributed by atoms with Gasteiger partial charge in [0.2, 0.25) is 5.91 Å². The fraction of sp³-hybridized carbons (Fsp3) is 0.500. The van der Waals surface area contributed by atoms with Crippen molar-refractivity contribution in [2.75, 3.05) is 12.3 Å². The first kappa shape index (κ1) is 16.6. The molecule has 0 aliphatic heterocycles. The lowest BCUT2D eigenvalue weighted by atomic mass is 9.80. The predicted molar refractivity (Wildman–Crippen MR) is 94.0 cm³/mol. The Morgan fingerprint density at radius 3 is 2.76 bits per heavy atom. The monoisotopic (exact) mass is 414 g/mol. The van der Waals surface area contributed by atoms with Gasteiger partial charge in [-0.05, 0) is 65.6 Å². The molecule has 0 spiro atoms. The van der Waals surface area contributed by atoms with E-state index in [1.165, 1.54) is 14.9 Å². The van der Waals surface area contributed by atoms with E-state index in [-0.39, 0.29) is 18.4 Å². The predicted octanol–water partition coefficient (Wildman–Crippen LogP) is 3.83. The van der Waals surface area contributed by atoms with Crippen molar-refractivity contribution in [3.8, 4) is 6.07 Å². The number of halogens is 1. The van der Waals surface area contributed by atoms with Crippen LogP contribution in [0.3, 0.4) is 0 Å². The maximum absolute atomic E-state index is 12.2. The van der Waals surface area contributed by atoms with E-state index in [1.54, 1.807) is 0 Å². The van der Waals surface area contributed by atoms with Crippen molar-refractivity contribution in [3.63, 3.8) is 0 Å². The third-order valence-corrected chi connectivity index (χ3v) is 5.78. The molecule has 0 heterocycles. The molecule has 1 aliphatic carbocycles. The van der Waals surface area contributed by atoms with Crippen molar-refractivity contribution in [2.24, 2.45) is 11.8 Å². The molecule has 0 aromatic heterocycles. The molecule has 112 valence electrons. The van der Waals surface area contributed by atoms with E-state index in [2.05, 4.69) is 52.2 Å². The summed E-state index contributed by atoms with van der Waals surface area (Å²) in [5, 5.41) is 11.3. The number of carbonyl (C=O) groups excluding carboxylic acids is 1. The van der Waals surface area contributed by atoms with E-state index in [9.17, 15) is 4.79 Å². The first-order chi connectivity index (χ1) is 10.2. The molecule has 1 aromatic carbocycles. The summed E-state index contributed by atoms with van der Waals surface area (Å²) in [6.07, 6.45) is 4.40. The van der Waals surface area contributed by atoms with Crippen LogP contribution in [0.15, 0.2) is 29.2 Å². The first-order valence-corrected chi connectivity index (χ1v) is 9.30. The van der Waals surface area contributed by atoms with Gasteiger partial charge in [-0.3, -0.25) is 4.79 Å². The van der Waals surface area contributed by atoms with Gasteiger partial charge in [0.25, 0.3) is 0 Å². The Morgan fingerprint density at radius 2 is 2.05 bits per heavy atom. The highest BCUT2D eigenvalue weighted by atomic mass is 127. The van der Waals surface area contributed by atoms with Gasteiger partial charge in [0, 0.05) is 20.1 Å². The van der Waals surface area contributed by atoms with Crippen LogP contribution in [0.25, 0.3) is 0 Å². The first-order valence-electron chi connectivity index (χ1n) is 7.23. The number of nitrogens with one attached hydrogen (secondary N) is 1. The summed E-state index contributed by atoms with van der Waals surface area (Å²) in [5.74, 6) is 1.53. The van der Waals surface area contributed by atoms with Crippen LogP contribution in [0.2, 0.25) is 0 Å². The zero-order valence-corrected chi connectivity index (χ0v) is 14.8. The van der Waals surface area contributed by atoms with Crippen LogP contribution in [0.5, 0.6) is 0 Å². The SMILES string of the molecule is N#CCNC(=O)[C@@H]1CCCC[C@H]1CSc1ccc(I)cc1. The second kappa shape index (κ2) is 8.64. The minimum atomic E-state index is 0.0597. The smallest absolute Gasteiger partial charge is 0.224 e. The molecule has 1 aromatic rings. The molecule has 2 atom stereocenters. The largest absolute Gasteiger partial charge is 0.343 e. The molecule has 0 bridgehead atoms. The van der Waals surface area contributed by atoms with Gasteiger partial charge >= 0.3 is 0 Å². The van der Waals surface area contributed by atoms with Gasteiger partial charge in [-0.25, -0.2) is 0 Å². The lowest BCUT2D eigenvalue weighted by molar-refractivity contribution is -0.127. The lowest BCUT2D eigenvalue weighted by Gasteiger charge is -2.30. The minimum Gasteiger partial charge on any atom is -0.343 e. The van der Waals surface area contributed by atoms with Crippen LogP contribution in [-0.2, 0) is 4.79 Å². The third kappa shape index (κ3) is 5.19. The van der Waals surface area contributed by atoms with E-state index in [0.717, 1.165) is 25.0 Å². The van der Waals surface area contributed by atoms with E-state index >= 15 is 0 Å². The quantitative estimate of drug-likeness (QED) is 0.453. The van der Waals surface area contributed by atoms with E-state index in [1.807, 2.05) is 17.8 Å². The Hall–Kier alpha value is -0.740. The van der Waals surface area contributed by atoms with Gasteiger partial charge in [-0.15, -0.1) is 11.8 Å². The summed E-state index contributed by atoms with van der Waals surface area (Å²) >= 11 is 4.14. The Kier molecular flexibility index (Phi) is 6.84. The summed E-state index contributed by atoms with van der Waals surface area (Å²) in [6.45, 7) is 0.117. The summed E-state index contributed by atoms with van der Waals surface area (Å²) < 4.78 is 1.24. The minimum absolute atomic E-state index is 0.0597. The molecule has 0 radical (unpaired) electrons. The standard InChI is InChI=1S/C16H19IN2OS/c17-13-5-7-14(8-6-13)21-11-12-3-1-2-4-15(12)16(20)19-10-9-18/h5-8,12,15H,1-4,10-11H2,(H,19,20)/t12-,15+/m0/s1. The zero-order valence-electron chi connectivity index (χ0n) is 11.8.